The number of fused-ring (bicyclic) bond motifs is 1. The highest BCUT2D eigenvalue weighted by atomic mass is 32.2. The van der Waals surface area contributed by atoms with Crippen LogP contribution in [0, 0.1) is 10.1 Å². The number of hydrogen-bond donors (Lipinski definition) is 2. The molecule has 0 aliphatic carbocycles. The number of amides is 2. The second-order valence-electron chi connectivity index (χ2n) is 11.0. The van der Waals surface area contributed by atoms with E-state index < -0.39 is 31.4 Å². The van der Waals surface area contributed by atoms with E-state index >= 15 is 0 Å². The van der Waals surface area contributed by atoms with Gasteiger partial charge in [-0.1, -0.05) is 48.5 Å². The molecule has 5 rings (SSSR count). The summed E-state index contributed by atoms with van der Waals surface area (Å²) in [5.74, 6) is -0.218. The Kier molecular flexibility index (Phi) is 10.7. The van der Waals surface area contributed by atoms with Crippen LogP contribution < -0.4 is 10.0 Å². The SMILES string of the molecule is CN(C)C(=O)CCc1ccc(-c2ccc(C(=O)NS(=O)(=O)c3ccc(NCCSc4ccccc4)c([N+](=O)[O-])c3)cc2)c2ncccc12. The number of sulfonamides is 1. The maximum absolute atomic E-state index is 13.1. The van der Waals surface area contributed by atoms with Gasteiger partial charge in [0.05, 0.1) is 15.3 Å². The molecule has 0 saturated heterocycles. The van der Waals surface area contributed by atoms with Crippen LogP contribution in [0.3, 0.4) is 0 Å². The number of nitrogens with zero attached hydrogens (tertiary/aromatic N) is 3. The Morgan fingerprint density at radius 3 is 2.40 bits per heavy atom. The van der Waals surface area contributed by atoms with E-state index in [0.29, 0.717) is 25.1 Å². The molecule has 0 bridgehead atoms. The highest BCUT2D eigenvalue weighted by molar-refractivity contribution is 7.99. The first-order valence-electron chi connectivity index (χ1n) is 15.0. The summed E-state index contributed by atoms with van der Waals surface area (Å²) in [5.41, 5.74) is 3.14. The van der Waals surface area contributed by atoms with E-state index in [-0.39, 0.29) is 17.2 Å². The summed E-state index contributed by atoms with van der Waals surface area (Å²) in [4.78, 5) is 43.1. The first kappa shape index (κ1) is 34.1. The molecule has 0 saturated carbocycles. The number of nitro groups is 1. The molecule has 0 unspecified atom stereocenters. The van der Waals surface area contributed by atoms with Crippen LogP contribution in [0.1, 0.15) is 22.3 Å². The molecular weight excluding hydrogens is 651 g/mol. The Hall–Kier alpha value is -5.27. The standard InChI is InChI=1S/C35H33N5O6S2/c1-39(2)33(41)19-15-25-14-17-30(34-29(25)9-6-20-37-34)24-10-12-26(13-11-24)35(42)38-48(45,46)28-16-18-31(32(23-28)40(43)44)36-21-22-47-27-7-4-3-5-8-27/h3-14,16-18,20,23,36H,15,19,21-22H2,1-2H3,(H,38,42). The second-order valence-corrected chi connectivity index (χ2v) is 13.8. The Balaban J connectivity index is 1.28. The molecule has 0 fully saturated rings. The number of pyridine rings is 1. The summed E-state index contributed by atoms with van der Waals surface area (Å²) in [7, 11) is -0.982. The van der Waals surface area contributed by atoms with E-state index in [1.54, 1.807) is 49.1 Å². The largest absolute Gasteiger partial charge is 0.379 e. The number of thioether (sulfide) groups is 1. The fourth-order valence-electron chi connectivity index (χ4n) is 5.04. The number of aryl methyl sites for hydroxylation is 1. The molecule has 13 heteroatoms. The van der Waals surface area contributed by atoms with E-state index in [2.05, 4.69) is 10.3 Å². The van der Waals surface area contributed by atoms with Crippen molar-refractivity contribution in [2.24, 2.45) is 0 Å². The molecule has 0 atom stereocenters. The fraction of sp³-hybridized carbons (Fsp3) is 0.171. The molecule has 4 aromatic carbocycles. The Morgan fingerprint density at radius 2 is 1.69 bits per heavy atom. The average Bonchev–Trinajstić information content (AvgIpc) is 3.09. The van der Waals surface area contributed by atoms with Crippen molar-refractivity contribution in [1.82, 2.24) is 14.6 Å². The van der Waals surface area contributed by atoms with Crippen molar-refractivity contribution in [2.75, 3.05) is 31.7 Å². The third kappa shape index (κ3) is 8.17. The van der Waals surface area contributed by atoms with Crippen LogP contribution in [-0.2, 0) is 21.2 Å². The first-order valence-corrected chi connectivity index (χ1v) is 17.4. The quantitative estimate of drug-likeness (QED) is 0.0644. The smallest absolute Gasteiger partial charge is 0.293 e. The van der Waals surface area contributed by atoms with Gasteiger partial charge in [-0.2, -0.15) is 0 Å². The summed E-state index contributed by atoms with van der Waals surface area (Å²) in [6, 6.07) is 27.2. The zero-order chi connectivity index (χ0) is 34.3. The Bertz CT molecular complexity index is 2070. The predicted octanol–water partition coefficient (Wildman–Crippen LogP) is 6.15. The number of carbonyl (C=O) groups excluding carboxylic acids is 2. The summed E-state index contributed by atoms with van der Waals surface area (Å²) in [5, 5.41) is 15.7. The van der Waals surface area contributed by atoms with Crippen molar-refractivity contribution in [2.45, 2.75) is 22.6 Å². The molecule has 0 aliphatic rings. The van der Waals surface area contributed by atoms with Gasteiger partial charge in [-0.3, -0.25) is 24.7 Å². The van der Waals surface area contributed by atoms with Gasteiger partial charge in [0.2, 0.25) is 5.91 Å². The van der Waals surface area contributed by atoms with Gasteiger partial charge in [-0.15, -0.1) is 11.8 Å². The summed E-state index contributed by atoms with van der Waals surface area (Å²) in [6.45, 7) is 0.410. The lowest BCUT2D eigenvalue weighted by atomic mass is 9.96. The van der Waals surface area contributed by atoms with Gasteiger partial charge in [-0.25, -0.2) is 13.1 Å². The average molecular weight is 684 g/mol. The van der Waals surface area contributed by atoms with Crippen molar-refractivity contribution in [3.63, 3.8) is 0 Å². The maximum Gasteiger partial charge on any atom is 0.293 e. The molecule has 0 radical (unpaired) electrons. The number of hydrogen-bond acceptors (Lipinski definition) is 9. The van der Waals surface area contributed by atoms with Crippen molar-refractivity contribution >= 4 is 55.9 Å². The van der Waals surface area contributed by atoms with Crippen LogP contribution in [0.5, 0.6) is 0 Å². The lowest BCUT2D eigenvalue weighted by molar-refractivity contribution is -0.384. The normalized spacial score (nSPS) is 11.2. The van der Waals surface area contributed by atoms with Crippen molar-refractivity contribution < 1.29 is 22.9 Å². The van der Waals surface area contributed by atoms with Crippen LogP contribution in [0.25, 0.3) is 22.0 Å². The van der Waals surface area contributed by atoms with Gasteiger partial charge in [0.1, 0.15) is 5.69 Å². The zero-order valence-electron chi connectivity index (χ0n) is 26.3. The third-order valence-electron chi connectivity index (χ3n) is 7.56. The van der Waals surface area contributed by atoms with Crippen LogP contribution in [0.15, 0.2) is 113 Å². The number of carbonyl (C=O) groups is 2. The highest BCUT2D eigenvalue weighted by Gasteiger charge is 2.24. The monoisotopic (exact) mass is 683 g/mol. The van der Waals surface area contributed by atoms with Gasteiger partial charge in [0.15, 0.2) is 0 Å². The van der Waals surface area contributed by atoms with Crippen LogP contribution in [-0.4, -0.2) is 61.4 Å². The molecule has 2 amide bonds. The van der Waals surface area contributed by atoms with Crippen LogP contribution in [0.2, 0.25) is 0 Å². The van der Waals surface area contributed by atoms with Crippen molar-refractivity contribution in [1.29, 1.82) is 0 Å². The van der Waals surface area contributed by atoms with E-state index in [0.717, 1.165) is 38.6 Å². The molecule has 2 N–H and O–H groups in total. The second kappa shape index (κ2) is 15.1. The number of anilines is 1. The van der Waals surface area contributed by atoms with E-state index in [9.17, 15) is 28.1 Å². The summed E-state index contributed by atoms with van der Waals surface area (Å²) < 4.78 is 28.2. The lowest BCUT2D eigenvalue weighted by Gasteiger charge is -2.13. The maximum atomic E-state index is 13.1. The molecule has 246 valence electrons. The highest BCUT2D eigenvalue weighted by Crippen LogP contribution is 2.31. The van der Waals surface area contributed by atoms with E-state index in [1.165, 1.54) is 24.3 Å². The van der Waals surface area contributed by atoms with Crippen LogP contribution >= 0.6 is 11.8 Å². The van der Waals surface area contributed by atoms with Crippen LogP contribution in [0.4, 0.5) is 11.4 Å². The Labute approximate surface area is 282 Å². The van der Waals surface area contributed by atoms with Crippen molar-refractivity contribution in [3.8, 4) is 11.1 Å². The van der Waals surface area contributed by atoms with Gasteiger partial charge in [0.25, 0.3) is 21.6 Å². The minimum absolute atomic E-state index is 0.0312. The molecular formula is C35H33N5O6S2. The van der Waals surface area contributed by atoms with Gasteiger partial charge in [-0.05, 0) is 60.0 Å². The number of nitrogens with one attached hydrogen (secondary N) is 2. The summed E-state index contributed by atoms with van der Waals surface area (Å²) in [6.07, 6.45) is 2.61. The molecule has 0 aliphatic heterocycles. The topological polar surface area (TPSA) is 152 Å². The van der Waals surface area contributed by atoms with E-state index in [1.807, 2.05) is 59.3 Å². The molecule has 48 heavy (non-hydrogen) atoms. The molecule has 1 heterocycles. The molecule has 5 aromatic rings. The van der Waals surface area contributed by atoms with Gasteiger partial charge < -0.3 is 10.2 Å². The Morgan fingerprint density at radius 1 is 0.938 bits per heavy atom. The number of aromatic nitrogens is 1. The first-order chi connectivity index (χ1) is 23.0. The zero-order valence-corrected chi connectivity index (χ0v) is 27.9. The molecule has 1 aromatic heterocycles. The number of nitro benzene ring substituents is 1. The lowest BCUT2D eigenvalue weighted by Crippen LogP contribution is -2.30. The van der Waals surface area contributed by atoms with E-state index in [4.69, 9.17) is 0 Å². The third-order valence-corrected chi connectivity index (χ3v) is 9.90. The number of benzene rings is 4. The molecule has 0 spiro atoms. The minimum atomic E-state index is -4.43. The van der Waals surface area contributed by atoms with Crippen molar-refractivity contribution in [3.05, 3.63) is 124 Å². The minimum Gasteiger partial charge on any atom is -0.379 e. The molecule has 11 nitrogen and oxygen atoms in total. The number of rotatable bonds is 13. The predicted molar refractivity (Wildman–Crippen MR) is 188 cm³/mol. The van der Waals surface area contributed by atoms with Gasteiger partial charge in [0, 0.05) is 66.5 Å². The summed E-state index contributed by atoms with van der Waals surface area (Å²) >= 11 is 1.58. The fourth-order valence-corrected chi connectivity index (χ4v) is 6.82. The van der Waals surface area contributed by atoms with Gasteiger partial charge >= 0.3 is 0 Å².